The fourth-order valence-electron chi connectivity index (χ4n) is 2.29. The van der Waals surface area contributed by atoms with Gasteiger partial charge in [-0.2, -0.15) is 0 Å². The van der Waals surface area contributed by atoms with Gasteiger partial charge in [-0.05, 0) is 36.8 Å². The van der Waals surface area contributed by atoms with Crippen molar-refractivity contribution in [3.8, 4) is 5.75 Å². The van der Waals surface area contributed by atoms with Crippen LogP contribution in [0.3, 0.4) is 0 Å². The maximum Gasteiger partial charge on any atom is 0.270 e. The lowest BCUT2D eigenvalue weighted by molar-refractivity contribution is -0.384. The first-order chi connectivity index (χ1) is 11.1. The first kappa shape index (κ1) is 14.7. The van der Waals surface area contributed by atoms with Gasteiger partial charge < -0.3 is 10.1 Å². The zero-order valence-electron chi connectivity index (χ0n) is 12.6. The van der Waals surface area contributed by atoms with Crippen LogP contribution in [0.15, 0.2) is 42.7 Å². The van der Waals surface area contributed by atoms with Gasteiger partial charge in [-0.1, -0.05) is 0 Å². The fourth-order valence-corrected chi connectivity index (χ4v) is 2.29. The average Bonchev–Trinajstić information content (AvgIpc) is 2.56. The lowest BCUT2D eigenvalue weighted by Gasteiger charge is -2.11. The van der Waals surface area contributed by atoms with Crippen LogP contribution in [0.1, 0.15) is 5.56 Å². The predicted octanol–water partition coefficient (Wildman–Crippen LogP) is 3.60. The van der Waals surface area contributed by atoms with Crippen molar-refractivity contribution in [1.82, 2.24) is 9.97 Å². The van der Waals surface area contributed by atoms with Crippen molar-refractivity contribution in [2.24, 2.45) is 0 Å². The Balaban J connectivity index is 2.05. The maximum atomic E-state index is 11.0. The minimum absolute atomic E-state index is 0.00167. The molecular formula is C16H14N4O3. The van der Waals surface area contributed by atoms with E-state index in [-0.39, 0.29) is 5.69 Å². The second-order valence-electron chi connectivity index (χ2n) is 4.99. The van der Waals surface area contributed by atoms with Gasteiger partial charge in [0.25, 0.3) is 5.69 Å². The highest BCUT2D eigenvalue weighted by molar-refractivity contribution is 5.92. The molecule has 0 saturated heterocycles. The van der Waals surface area contributed by atoms with Gasteiger partial charge in [0.2, 0.25) is 0 Å². The number of ether oxygens (including phenoxy) is 1. The molecule has 7 nitrogen and oxygen atoms in total. The minimum atomic E-state index is -0.436. The SMILES string of the molecule is COc1ccc(Nc2ncnc3ccc([N+](=O)[O-])cc23)c(C)c1. The highest BCUT2D eigenvalue weighted by Gasteiger charge is 2.11. The Labute approximate surface area is 132 Å². The quantitative estimate of drug-likeness (QED) is 0.585. The summed E-state index contributed by atoms with van der Waals surface area (Å²) < 4.78 is 5.18. The molecule has 2 aromatic carbocycles. The Hall–Kier alpha value is -3.22. The Bertz CT molecular complexity index is 896. The Kier molecular flexibility index (Phi) is 3.76. The largest absolute Gasteiger partial charge is 0.497 e. The summed E-state index contributed by atoms with van der Waals surface area (Å²) in [5, 5.41) is 14.8. The second kappa shape index (κ2) is 5.88. The van der Waals surface area contributed by atoms with Crippen molar-refractivity contribution >= 4 is 28.1 Å². The number of non-ortho nitro benzene ring substituents is 1. The monoisotopic (exact) mass is 310 g/mol. The molecule has 3 rings (SSSR count). The molecule has 0 fully saturated rings. The molecule has 7 heteroatoms. The predicted molar refractivity (Wildman–Crippen MR) is 87.2 cm³/mol. The van der Waals surface area contributed by atoms with Crippen LogP contribution in [0.5, 0.6) is 5.75 Å². The molecule has 0 atom stereocenters. The Morgan fingerprint density at radius 1 is 1.17 bits per heavy atom. The van der Waals surface area contributed by atoms with Crippen LogP contribution in [0.2, 0.25) is 0 Å². The molecule has 0 aliphatic carbocycles. The zero-order valence-corrected chi connectivity index (χ0v) is 12.6. The van der Waals surface area contributed by atoms with Crippen molar-refractivity contribution in [2.45, 2.75) is 6.92 Å². The lowest BCUT2D eigenvalue weighted by Crippen LogP contribution is -1.99. The Morgan fingerprint density at radius 2 is 2.00 bits per heavy atom. The lowest BCUT2D eigenvalue weighted by atomic mass is 10.1. The van der Waals surface area contributed by atoms with E-state index in [1.165, 1.54) is 18.5 Å². The molecule has 0 spiro atoms. The van der Waals surface area contributed by atoms with Crippen LogP contribution in [-0.4, -0.2) is 22.0 Å². The first-order valence-corrected chi connectivity index (χ1v) is 6.89. The molecule has 0 aliphatic heterocycles. The summed E-state index contributed by atoms with van der Waals surface area (Å²) in [7, 11) is 1.61. The zero-order chi connectivity index (χ0) is 16.4. The van der Waals surface area contributed by atoms with Gasteiger partial charge in [0.05, 0.1) is 17.5 Å². The molecule has 0 aliphatic rings. The molecule has 3 aromatic rings. The van der Waals surface area contributed by atoms with Gasteiger partial charge in [-0.15, -0.1) is 0 Å². The highest BCUT2D eigenvalue weighted by Crippen LogP contribution is 2.29. The third-order valence-electron chi connectivity index (χ3n) is 3.52. The topological polar surface area (TPSA) is 90.2 Å². The van der Waals surface area contributed by atoms with Crippen LogP contribution in [0, 0.1) is 17.0 Å². The smallest absolute Gasteiger partial charge is 0.270 e. The van der Waals surface area contributed by atoms with Crippen molar-refractivity contribution < 1.29 is 9.66 Å². The van der Waals surface area contributed by atoms with Crippen molar-refractivity contribution in [2.75, 3.05) is 12.4 Å². The number of aryl methyl sites for hydroxylation is 1. The van der Waals surface area contributed by atoms with Crippen molar-refractivity contribution in [3.05, 3.63) is 58.4 Å². The number of rotatable bonds is 4. The van der Waals surface area contributed by atoms with E-state index in [4.69, 9.17) is 4.74 Å². The maximum absolute atomic E-state index is 11.0. The highest BCUT2D eigenvalue weighted by atomic mass is 16.6. The van der Waals surface area contributed by atoms with E-state index >= 15 is 0 Å². The van der Waals surface area contributed by atoms with E-state index in [0.717, 1.165) is 17.0 Å². The van der Waals surface area contributed by atoms with E-state index in [1.807, 2.05) is 25.1 Å². The first-order valence-electron chi connectivity index (χ1n) is 6.89. The van der Waals surface area contributed by atoms with Crippen LogP contribution >= 0.6 is 0 Å². The standard InChI is InChI=1S/C16H14N4O3/c1-10-7-12(23-2)4-6-14(10)19-16-13-8-11(20(21)22)3-5-15(13)17-9-18-16/h3-9H,1-2H3,(H,17,18,19). The van der Waals surface area contributed by atoms with E-state index in [1.54, 1.807) is 13.2 Å². The van der Waals surface area contributed by atoms with E-state index < -0.39 is 4.92 Å². The van der Waals surface area contributed by atoms with E-state index in [9.17, 15) is 10.1 Å². The normalized spacial score (nSPS) is 10.5. The third kappa shape index (κ3) is 2.89. The molecule has 0 amide bonds. The van der Waals surface area contributed by atoms with Gasteiger partial charge >= 0.3 is 0 Å². The summed E-state index contributed by atoms with van der Waals surface area (Å²) in [5.74, 6) is 1.28. The average molecular weight is 310 g/mol. The number of nitrogens with zero attached hydrogens (tertiary/aromatic N) is 3. The molecule has 1 heterocycles. The third-order valence-corrected chi connectivity index (χ3v) is 3.52. The number of fused-ring (bicyclic) bond motifs is 1. The number of benzene rings is 2. The van der Waals surface area contributed by atoms with Crippen LogP contribution in [-0.2, 0) is 0 Å². The number of aromatic nitrogens is 2. The molecule has 1 N–H and O–H groups in total. The van der Waals surface area contributed by atoms with Gasteiger partial charge in [0.15, 0.2) is 0 Å². The molecule has 0 unspecified atom stereocenters. The summed E-state index contributed by atoms with van der Waals surface area (Å²) >= 11 is 0. The van der Waals surface area contributed by atoms with E-state index in [2.05, 4.69) is 15.3 Å². The minimum Gasteiger partial charge on any atom is -0.497 e. The summed E-state index contributed by atoms with van der Waals surface area (Å²) in [6.45, 7) is 1.94. The van der Waals surface area contributed by atoms with E-state index in [0.29, 0.717) is 16.7 Å². The van der Waals surface area contributed by atoms with Gasteiger partial charge in [-0.3, -0.25) is 10.1 Å². The summed E-state index contributed by atoms with van der Waals surface area (Å²) in [4.78, 5) is 18.9. The van der Waals surface area contributed by atoms with Gasteiger partial charge in [0.1, 0.15) is 17.9 Å². The number of hydrogen-bond acceptors (Lipinski definition) is 6. The van der Waals surface area contributed by atoms with Crippen molar-refractivity contribution in [3.63, 3.8) is 0 Å². The summed E-state index contributed by atoms with van der Waals surface area (Å²) in [6.07, 6.45) is 1.43. The number of hydrogen-bond donors (Lipinski definition) is 1. The van der Waals surface area contributed by atoms with Crippen molar-refractivity contribution in [1.29, 1.82) is 0 Å². The molecule has 0 radical (unpaired) electrons. The second-order valence-corrected chi connectivity index (χ2v) is 4.99. The molecule has 0 bridgehead atoms. The number of methoxy groups -OCH3 is 1. The molecule has 23 heavy (non-hydrogen) atoms. The number of nitro groups is 1. The molecule has 1 aromatic heterocycles. The molecule has 0 saturated carbocycles. The summed E-state index contributed by atoms with van der Waals surface area (Å²) in [6, 6.07) is 10.1. The number of nitro benzene ring substituents is 1. The van der Waals surface area contributed by atoms with Crippen LogP contribution in [0.25, 0.3) is 10.9 Å². The van der Waals surface area contributed by atoms with Crippen LogP contribution in [0.4, 0.5) is 17.2 Å². The van der Waals surface area contributed by atoms with Gasteiger partial charge in [0, 0.05) is 23.2 Å². The number of anilines is 2. The molecule has 116 valence electrons. The number of nitrogens with one attached hydrogen (secondary N) is 1. The Morgan fingerprint density at radius 3 is 2.70 bits per heavy atom. The summed E-state index contributed by atoms with van der Waals surface area (Å²) in [5.41, 5.74) is 2.46. The van der Waals surface area contributed by atoms with Crippen LogP contribution < -0.4 is 10.1 Å². The van der Waals surface area contributed by atoms with Gasteiger partial charge in [-0.25, -0.2) is 9.97 Å². The molecular weight excluding hydrogens is 296 g/mol. The fraction of sp³-hybridized carbons (Fsp3) is 0.125.